The van der Waals surface area contributed by atoms with E-state index in [1.807, 2.05) is 12.1 Å². The monoisotopic (exact) mass is 530 g/mol. The van der Waals surface area contributed by atoms with E-state index in [4.69, 9.17) is 9.47 Å². The third-order valence-electron chi connectivity index (χ3n) is 6.40. The highest BCUT2D eigenvalue weighted by atomic mass is 32.2. The number of aryl methyl sites for hydroxylation is 1. The van der Waals surface area contributed by atoms with Crippen LogP contribution < -0.4 is 24.3 Å². The Morgan fingerprint density at radius 3 is 2.46 bits per heavy atom. The molecule has 0 spiro atoms. The molecule has 1 aliphatic rings. The van der Waals surface area contributed by atoms with Gasteiger partial charge < -0.3 is 19.7 Å². The van der Waals surface area contributed by atoms with Crippen LogP contribution in [0.3, 0.4) is 0 Å². The summed E-state index contributed by atoms with van der Waals surface area (Å²) in [4.78, 5) is 3.60. The van der Waals surface area contributed by atoms with Crippen LogP contribution in [0.5, 0.6) is 11.5 Å². The summed E-state index contributed by atoms with van der Waals surface area (Å²) in [6.07, 6.45) is 4.54. The molecular weight excluding hydrogens is 498 g/mol. The predicted octanol–water partition coefficient (Wildman–Crippen LogP) is 6.83. The van der Waals surface area contributed by atoms with Gasteiger partial charge in [-0.15, -0.1) is 0 Å². The lowest BCUT2D eigenvalue weighted by Gasteiger charge is -2.19. The van der Waals surface area contributed by atoms with E-state index in [0.717, 1.165) is 36.8 Å². The van der Waals surface area contributed by atoms with E-state index in [-0.39, 0.29) is 0 Å². The number of hydrogen-bond donors (Lipinski definition) is 1. The number of nitrogens with one attached hydrogen (secondary N) is 1. The van der Waals surface area contributed by atoms with Crippen LogP contribution in [0.25, 0.3) is 16.3 Å². The Morgan fingerprint density at radius 2 is 1.73 bits per heavy atom. The molecule has 0 unspecified atom stereocenters. The quantitative estimate of drug-likeness (QED) is 0.240. The SMILES string of the molecule is CCN1/C(=C/C(=C/c2sc3ccc(OC)cc3[n+]2CC)NCc2ccccc2)Sc2ccc(OC)cc21. The summed E-state index contributed by atoms with van der Waals surface area (Å²) in [7, 11) is 3.43. The molecule has 7 heteroatoms. The average Bonchev–Trinajstić information content (AvgIpc) is 3.47. The first-order chi connectivity index (χ1) is 18.1. The highest BCUT2D eigenvalue weighted by Gasteiger charge is 2.25. The van der Waals surface area contributed by atoms with Crippen molar-refractivity contribution in [1.82, 2.24) is 5.32 Å². The minimum Gasteiger partial charge on any atom is -0.497 e. The van der Waals surface area contributed by atoms with Crippen molar-refractivity contribution in [2.24, 2.45) is 0 Å². The fourth-order valence-corrected chi connectivity index (χ4v) is 6.81. The van der Waals surface area contributed by atoms with Crippen LogP contribution in [0.15, 0.2) is 88.4 Å². The fraction of sp³-hybridized carbons (Fsp3) is 0.233. The molecule has 5 rings (SSSR count). The summed E-state index contributed by atoms with van der Waals surface area (Å²) in [6, 6.07) is 23.1. The van der Waals surface area contributed by atoms with Crippen LogP contribution in [0.2, 0.25) is 0 Å². The number of methoxy groups -OCH3 is 2. The lowest BCUT2D eigenvalue weighted by Crippen LogP contribution is -2.33. The van der Waals surface area contributed by atoms with Gasteiger partial charge in [-0.25, -0.2) is 0 Å². The van der Waals surface area contributed by atoms with Crippen molar-refractivity contribution in [3.05, 3.63) is 94.1 Å². The number of ether oxygens (including phenoxy) is 2. The number of rotatable bonds is 9. The van der Waals surface area contributed by atoms with Gasteiger partial charge in [0.2, 0.25) is 5.52 Å². The number of aromatic nitrogens is 1. The van der Waals surface area contributed by atoms with E-state index in [0.29, 0.717) is 0 Å². The summed E-state index contributed by atoms with van der Waals surface area (Å²) < 4.78 is 14.6. The summed E-state index contributed by atoms with van der Waals surface area (Å²) >= 11 is 3.60. The number of hydrogen-bond acceptors (Lipinski definition) is 6. The van der Waals surface area contributed by atoms with Crippen molar-refractivity contribution in [3.8, 4) is 11.5 Å². The molecule has 0 aliphatic carbocycles. The highest BCUT2D eigenvalue weighted by Crippen LogP contribution is 2.47. The van der Waals surface area contributed by atoms with Gasteiger partial charge in [-0.1, -0.05) is 53.4 Å². The zero-order valence-electron chi connectivity index (χ0n) is 21.7. The number of benzene rings is 3. The maximum Gasteiger partial charge on any atom is 0.264 e. The lowest BCUT2D eigenvalue weighted by molar-refractivity contribution is -0.665. The third kappa shape index (κ3) is 5.33. The molecule has 0 saturated heterocycles. The molecule has 190 valence electrons. The molecule has 0 saturated carbocycles. The molecular formula is C30H32N3O2S2+. The van der Waals surface area contributed by atoms with E-state index in [1.54, 1.807) is 37.3 Å². The number of thiazole rings is 1. The van der Waals surface area contributed by atoms with Crippen molar-refractivity contribution in [2.45, 2.75) is 31.8 Å². The minimum absolute atomic E-state index is 0.749. The maximum absolute atomic E-state index is 5.50. The summed E-state index contributed by atoms with van der Waals surface area (Å²) in [5.74, 6) is 1.75. The molecule has 0 atom stereocenters. The second-order valence-corrected chi connectivity index (χ2v) is 10.7. The van der Waals surface area contributed by atoms with Crippen LogP contribution in [0, 0.1) is 0 Å². The first kappa shape index (κ1) is 25.2. The Kier molecular flexibility index (Phi) is 7.72. The first-order valence-electron chi connectivity index (χ1n) is 12.5. The van der Waals surface area contributed by atoms with Crippen LogP contribution >= 0.6 is 23.1 Å². The second-order valence-electron chi connectivity index (χ2n) is 8.62. The number of fused-ring (bicyclic) bond motifs is 2. The Bertz CT molecular complexity index is 1460. The molecule has 2 heterocycles. The van der Waals surface area contributed by atoms with Crippen molar-refractivity contribution >= 4 is 45.1 Å². The van der Waals surface area contributed by atoms with Crippen LogP contribution in [-0.2, 0) is 13.1 Å². The van der Waals surface area contributed by atoms with Crippen molar-refractivity contribution in [2.75, 3.05) is 25.7 Å². The van der Waals surface area contributed by atoms with Crippen molar-refractivity contribution in [3.63, 3.8) is 0 Å². The fourth-order valence-electron chi connectivity index (χ4n) is 4.49. The van der Waals surface area contributed by atoms with E-state index in [9.17, 15) is 0 Å². The van der Waals surface area contributed by atoms with Gasteiger partial charge in [-0.2, -0.15) is 4.57 Å². The molecule has 0 bridgehead atoms. The van der Waals surface area contributed by atoms with Gasteiger partial charge in [0.15, 0.2) is 0 Å². The average molecular weight is 531 g/mol. The summed E-state index contributed by atoms with van der Waals surface area (Å²) in [6.45, 7) is 6.88. The van der Waals surface area contributed by atoms with Gasteiger partial charge in [0, 0.05) is 35.8 Å². The second kappa shape index (κ2) is 11.3. The third-order valence-corrected chi connectivity index (χ3v) is 8.63. The summed E-state index contributed by atoms with van der Waals surface area (Å²) in [5.41, 5.74) is 4.71. The van der Waals surface area contributed by atoms with Crippen LogP contribution in [-0.4, -0.2) is 20.8 Å². The Balaban J connectivity index is 1.56. The molecule has 5 nitrogen and oxygen atoms in total. The van der Waals surface area contributed by atoms with Gasteiger partial charge in [-0.3, -0.25) is 0 Å². The smallest absolute Gasteiger partial charge is 0.264 e. The molecule has 1 aliphatic heterocycles. The van der Waals surface area contributed by atoms with Gasteiger partial charge in [-0.05, 0) is 49.8 Å². The zero-order chi connectivity index (χ0) is 25.8. The normalized spacial score (nSPS) is 14.3. The highest BCUT2D eigenvalue weighted by molar-refractivity contribution is 8.03. The lowest BCUT2D eigenvalue weighted by atomic mass is 10.2. The van der Waals surface area contributed by atoms with Crippen LogP contribution in [0.4, 0.5) is 5.69 Å². The Labute approximate surface area is 227 Å². The minimum atomic E-state index is 0.749. The molecule has 0 radical (unpaired) electrons. The Morgan fingerprint density at radius 1 is 0.973 bits per heavy atom. The van der Waals surface area contributed by atoms with Gasteiger partial charge in [0.1, 0.15) is 22.7 Å². The van der Waals surface area contributed by atoms with Gasteiger partial charge in [0.25, 0.3) is 5.01 Å². The maximum atomic E-state index is 5.50. The molecule has 37 heavy (non-hydrogen) atoms. The zero-order valence-corrected chi connectivity index (χ0v) is 23.3. The van der Waals surface area contributed by atoms with Crippen LogP contribution in [0.1, 0.15) is 24.4 Å². The number of anilines is 1. The molecule has 3 aromatic carbocycles. The standard InChI is InChI=1S/C30H31N3O2S2/c1-5-32-25-18-23(34-3)12-14-27(25)36-29(32)16-22(31-20-21-10-8-7-9-11-21)17-30-33(6-2)26-19-24(35-4)13-15-28(26)37-30/h7-19H,5-6,20H2,1-4H3/p+1/b29-16-. The van der Waals surface area contributed by atoms with E-state index >= 15 is 0 Å². The molecule has 0 fully saturated rings. The molecule has 4 aromatic rings. The Hall–Kier alpha value is -3.42. The number of thioether (sulfide) groups is 1. The molecule has 1 N–H and O–H groups in total. The topological polar surface area (TPSA) is 37.6 Å². The van der Waals surface area contributed by atoms with Crippen molar-refractivity contribution < 1.29 is 14.0 Å². The number of nitrogens with zero attached hydrogens (tertiary/aromatic N) is 2. The largest absolute Gasteiger partial charge is 0.497 e. The predicted molar refractivity (Wildman–Crippen MR) is 155 cm³/mol. The van der Waals surface area contributed by atoms with Gasteiger partial charge in [0.05, 0.1) is 31.0 Å². The first-order valence-corrected chi connectivity index (χ1v) is 14.1. The molecule has 0 amide bonds. The van der Waals surface area contributed by atoms with Gasteiger partial charge >= 0.3 is 0 Å². The summed E-state index contributed by atoms with van der Waals surface area (Å²) in [5, 5.41) is 6.11. The van der Waals surface area contributed by atoms with E-state index < -0.39 is 0 Å². The van der Waals surface area contributed by atoms with E-state index in [2.05, 4.69) is 95.4 Å². The van der Waals surface area contributed by atoms with E-state index in [1.165, 1.54) is 36.4 Å². The van der Waals surface area contributed by atoms with Crippen molar-refractivity contribution in [1.29, 1.82) is 0 Å². The molecule has 1 aromatic heterocycles. The number of allylic oxidation sites excluding steroid dienone is 1.